The molecule has 2 aromatic heterocycles. The van der Waals surface area contributed by atoms with Gasteiger partial charge in [0, 0.05) is 24.0 Å². The summed E-state index contributed by atoms with van der Waals surface area (Å²) >= 11 is 1.33. The fraction of sp³-hybridized carbons (Fsp3) is 0.526. The predicted octanol–water partition coefficient (Wildman–Crippen LogP) is 2.47. The number of hydrogen-bond donors (Lipinski definition) is 1. The summed E-state index contributed by atoms with van der Waals surface area (Å²) < 4.78 is 6.92. The van der Waals surface area contributed by atoms with Gasteiger partial charge in [-0.1, -0.05) is 32.0 Å². The summed E-state index contributed by atoms with van der Waals surface area (Å²) in [7, 11) is 1.33. The fourth-order valence-electron chi connectivity index (χ4n) is 2.88. The van der Waals surface area contributed by atoms with Crippen LogP contribution in [0.15, 0.2) is 29.7 Å². The molecule has 1 fully saturated rings. The van der Waals surface area contributed by atoms with Crippen molar-refractivity contribution in [2.75, 3.05) is 12.9 Å². The van der Waals surface area contributed by atoms with Crippen LogP contribution in [-0.4, -0.2) is 50.5 Å². The molecule has 9 heteroatoms. The van der Waals surface area contributed by atoms with Crippen molar-refractivity contribution >= 4 is 23.6 Å². The molecule has 2 heterocycles. The van der Waals surface area contributed by atoms with Crippen molar-refractivity contribution in [1.82, 2.24) is 25.1 Å². The van der Waals surface area contributed by atoms with Gasteiger partial charge >= 0.3 is 5.97 Å². The van der Waals surface area contributed by atoms with E-state index in [1.165, 1.54) is 18.9 Å². The third kappa shape index (κ3) is 4.70. The molecule has 1 saturated carbocycles. The Balaban J connectivity index is 1.68. The lowest BCUT2D eigenvalue weighted by Gasteiger charge is -2.21. The molecule has 0 spiro atoms. The summed E-state index contributed by atoms with van der Waals surface area (Å²) in [5.41, 5.74) is 0.952. The van der Waals surface area contributed by atoms with E-state index < -0.39 is 12.0 Å². The molecule has 1 aliphatic carbocycles. The molecule has 1 amide bonds. The Morgan fingerprint density at radius 2 is 2.04 bits per heavy atom. The van der Waals surface area contributed by atoms with Crippen LogP contribution in [-0.2, 0) is 14.3 Å². The maximum atomic E-state index is 12.4. The van der Waals surface area contributed by atoms with Crippen molar-refractivity contribution in [2.45, 2.75) is 50.4 Å². The Kier molecular flexibility index (Phi) is 6.66. The lowest BCUT2D eigenvalue weighted by Crippen LogP contribution is -2.46. The molecule has 2 aromatic rings. The third-order valence-corrected chi connectivity index (χ3v) is 5.78. The first kappa shape index (κ1) is 20.3. The highest BCUT2D eigenvalue weighted by Gasteiger charge is 2.31. The molecular weight excluding hydrogens is 378 g/mol. The number of rotatable bonds is 9. The van der Waals surface area contributed by atoms with Crippen molar-refractivity contribution in [3.63, 3.8) is 0 Å². The standard InChI is InChI=1S/C19H25N5O3S/c1-4-12(2)16(18(26)27-3)21-15(25)11-28-19-23-22-17(24(19)14-5-6-14)13-7-9-20-10-8-13/h7-10,12,14,16H,4-6,11H2,1-3H3,(H,21,25)/t12-,16-/m0/s1. The highest BCUT2D eigenvalue weighted by Crippen LogP contribution is 2.40. The van der Waals surface area contributed by atoms with Crippen LogP contribution in [0.5, 0.6) is 0 Å². The Morgan fingerprint density at radius 3 is 2.64 bits per heavy atom. The molecule has 8 nitrogen and oxygen atoms in total. The maximum absolute atomic E-state index is 12.4. The van der Waals surface area contributed by atoms with E-state index in [0.717, 1.165) is 30.7 Å². The smallest absolute Gasteiger partial charge is 0.328 e. The van der Waals surface area contributed by atoms with Crippen molar-refractivity contribution < 1.29 is 14.3 Å². The molecule has 0 saturated heterocycles. The average molecular weight is 404 g/mol. The van der Waals surface area contributed by atoms with Crippen LogP contribution in [0, 0.1) is 5.92 Å². The SMILES string of the molecule is CC[C@H](C)[C@H](NC(=O)CSc1nnc(-c2ccncc2)n1C1CC1)C(=O)OC. The van der Waals surface area contributed by atoms with Crippen LogP contribution in [0.1, 0.15) is 39.2 Å². The number of nitrogens with one attached hydrogen (secondary N) is 1. The minimum absolute atomic E-state index is 0.00481. The fourth-order valence-corrected chi connectivity index (χ4v) is 3.69. The maximum Gasteiger partial charge on any atom is 0.328 e. The second-order valence-corrected chi connectivity index (χ2v) is 7.83. The Bertz CT molecular complexity index is 822. The largest absolute Gasteiger partial charge is 0.467 e. The van der Waals surface area contributed by atoms with E-state index in [4.69, 9.17) is 4.74 Å². The number of thioether (sulfide) groups is 1. The van der Waals surface area contributed by atoms with E-state index in [1.54, 1.807) is 12.4 Å². The molecule has 0 aliphatic heterocycles. The number of ether oxygens (including phenoxy) is 1. The first-order valence-corrected chi connectivity index (χ1v) is 10.4. The normalized spacial score (nSPS) is 15.7. The van der Waals surface area contributed by atoms with Crippen molar-refractivity contribution in [3.8, 4) is 11.4 Å². The van der Waals surface area contributed by atoms with Gasteiger partial charge in [0.1, 0.15) is 6.04 Å². The second-order valence-electron chi connectivity index (χ2n) is 6.89. The van der Waals surface area contributed by atoms with E-state index in [1.807, 2.05) is 26.0 Å². The minimum atomic E-state index is -0.642. The number of esters is 1. The molecule has 0 bridgehead atoms. The summed E-state index contributed by atoms with van der Waals surface area (Å²) in [4.78, 5) is 28.4. The highest BCUT2D eigenvalue weighted by atomic mass is 32.2. The summed E-state index contributed by atoms with van der Waals surface area (Å²) in [6.45, 7) is 3.89. The van der Waals surface area contributed by atoms with Gasteiger partial charge in [0.2, 0.25) is 5.91 Å². The lowest BCUT2D eigenvalue weighted by molar-refractivity contribution is -0.146. The van der Waals surface area contributed by atoms with E-state index >= 15 is 0 Å². The van der Waals surface area contributed by atoms with Crippen molar-refractivity contribution in [3.05, 3.63) is 24.5 Å². The Morgan fingerprint density at radius 1 is 1.32 bits per heavy atom. The van der Waals surface area contributed by atoms with Crippen LogP contribution in [0.4, 0.5) is 0 Å². The quantitative estimate of drug-likeness (QED) is 0.507. The number of methoxy groups -OCH3 is 1. The van der Waals surface area contributed by atoms with Crippen LogP contribution >= 0.6 is 11.8 Å². The zero-order valence-electron chi connectivity index (χ0n) is 16.3. The molecule has 1 aliphatic rings. The van der Waals surface area contributed by atoms with Gasteiger partial charge in [0.15, 0.2) is 11.0 Å². The number of carbonyl (C=O) groups excluding carboxylic acids is 2. The minimum Gasteiger partial charge on any atom is -0.467 e. The van der Waals surface area contributed by atoms with Gasteiger partial charge in [0.25, 0.3) is 0 Å². The molecular formula is C19H25N5O3S. The van der Waals surface area contributed by atoms with Crippen LogP contribution in [0.25, 0.3) is 11.4 Å². The molecule has 0 unspecified atom stereocenters. The first-order chi connectivity index (χ1) is 13.5. The zero-order chi connectivity index (χ0) is 20.1. The number of amides is 1. The molecule has 0 aromatic carbocycles. The van der Waals surface area contributed by atoms with Gasteiger partial charge in [0.05, 0.1) is 12.9 Å². The zero-order valence-corrected chi connectivity index (χ0v) is 17.1. The summed E-state index contributed by atoms with van der Waals surface area (Å²) in [5.74, 6) is 0.297. The number of carbonyl (C=O) groups is 2. The average Bonchev–Trinajstić information content (AvgIpc) is 3.48. The number of nitrogens with zero attached hydrogens (tertiary/aromatic N) is 4. The molecule has 3 rings (SSSR count). The Hall–Kier alpha value is -2.42. The van der Waals surface area contributed by atoms with E-state index in [-0.39, 0.29) is 17.6 Å². The highest BCUT2D eigenvalue weighted by molar-refractivity contribution is 7.99. The van der Waals surface area contributed by atoms with Crippen LogP contribution in [0.3, 0.4) is 0 Å². The number of hydrogen-bond acceptors (Lipinski definition) is 7. The topological polar surface area (TPSA) is 99.0 Å². The lowest BCUT2D eigenvalue weighted by atomic mass is 9.99. The van der Waals surface area contributed by atoms with E-state index in [2.05, 4.69) is 25.1 Å². The molecule has 1 N–H and O–H groups in total. The molecule has 28 heavy (non-hydrogen) atoms. The van der Waals surface area contributed by atoms with Gasteiger partial charge in [-0.3, -0.25) is 14.3 Å². The molecule has 0 radical (unpaired) electrons. The van der Waals surface area contributed by atoms with Crippen LogP contribution < -0.4 is 5.32 Å². The van der Waals surface area contributed by atoms with Gasteiger partial charge in [-0.15, -0.1) is 10.2 Å². The van der Waals surface area contributed by atoms with Gasteiger partial charge in [-0.25, -0.2) is 4.79 Å². The van der Waals surface area contributed by atoms with Gasteiger partial charge < -0.3 is 10.1 Å². The number of pyridine rings is 1. The predicted molar refractivity (Wildman–Crippen MR) is 106 cm³/mol. The van der Waals surface area contributed by atoms with Crippen molar-refractivity contribution in [1.29, 1.82) is 0 Å². The van der Waals surface area contributed by atoms with Crippen LogP contribution in [0.2, 0.25) is 0 Å². The Labute approximate surface area is 168 Å². The van der Waals surface area contributed by atoms with E-state index in [9.17, 15) is 9.59 Å². The monoisotopic (exact) mass is 403 g/mol. The van der Waals surface area contributed by atoms with Gasteiger partial charge in [-0.05, 0) is 30.9 Å². The van der Waals surface area contributed by atoms with Crippen molar-refractivity contribution in [2.24, 2.45) is 5.92 Å². The van der Waals surface area contributed by atoms with Gasteiger partial charge in [-0.2, -0.15) is 0 Å². The summed E-state index contributed by atoms with van der Waals surface area (Å²) in [5, 5.41) is 12.1. The van der Waals surface area contributed by atoms with E-state index in [0.29, 0.717) is 11.2 Å². The molecule has 150 valence electrons. The molecule has 2 atom stereocenters. The first-order valence-electron chi connectivity index (χ1n) is 9.40. The second kappa shape index (κ2) is 9.18. The number of aromatic nitrogens is 4. The summed E-state index contributed by atoms with van der Waals surface area (Å²) in [6, 6.07) is 3.53. The summed E-state index contributed by atoms with van der Waals surface area (Å²) in [6.07, 6.45) is 6.37. The third-order valence-electron chi connectivity index (χ3n) is 4.83.